The number of likely N-dealkylation sites (N-methyl/N-ethyl adjacent to an activating group) is 1. The van der Waals surface area contributed by atoms with E-state index in [4.69, 9.17) is 0 Å². The molecule has 1 aliphatic rings. The van der Waals surface area contributed by atoms with Gasteiger partial charge < -0.3 is 0 Å². The first-order valence-corrected chi connectivity index (χ1v) is 3.83. The number of allylic oxidation sites excluding steroid dienone is 1. The fraction of sp³-hybridized carbons (Fsp3) is 0.500. The van der Waals surface area contributed by atoms with Crippen molar-refractivity contribution < 1.29 is 9.59 Å². The van der Waals surface area contributed by atoms with Crippen molar-refractivity contribution in [1.82, 2.24) is 10.2 Å². The maximum Gasteiger partial charge on any atom is 0.328 e. The van der Waals surface area contributed by atoms with E-state index in [9.17, 15) is 9.59 Å². The molecule has 4 heteroatoms. The summed E-state index contributed by atoms with van der Waals surface area (Å²) in [6.07, 6.45) is 1.76. The second-order valence-corrected chi connectivity index (χ2v) is 3.11. The van der Waals surface area contributed by atoms with Crippen LogP contribution >= 0.6 is 0 Å². The van der Waals surface area contributed by atoms with E-state index in [2.05, 4.69) is 5.32 Å². The number of carbonyl (C=O) groups is 2. The highest BCUT2D eigenvalue weighted by Crippen LogP contribution is 2.12. The minimum absolute atomic E-state index is 0.263. The van der Waals surface area contributed by atoms with Crippen LogP contribution < -0.4 is 5.32 Å². The van der Waals surface area contributed by atoms with E-state index in [1.807, 2.05) is 13.8 Å². The van der Waals surface area contributed by atoms with Gasteiger partial charge in [0, 0.05) is 7.05 Å². The molecule has 1 N–H and O–H groups in total. The van der Waals surface area contributed by atoms with E-state index >= 15 is 0 Å². The monoisotopic (exact) mass is 168 g/mol. The molecule has 0 unspecified atom stereocenters. The molecule has 1 heterocycles. The van der Waals surface area contributed by atoms with Crippen LogP contribution in [0.25, 0.3) is 0 Å². The van der Waals surface area contributed by atoms with Gasteiger partial charge in [0.25, 0.3) is 5.91 Å². The van der Waals surface area contributed by atoms with Gasteiger partial charge >= 0.3 is 6.03 Å². The summed E-state index contributed by atoms with van der Waals surface area (Å²) in [4.78, 5) is 23.3. The molecule has 4 nitrogen and oxygen atoms in total. The van der Waals surface area contributed by atoms with Gasteiger partial charge in [0.15, 0.2) is 0 Å². The van der Waals surface area contributed by atoms with Crippen molar-refractivity contribution in [2.24, 2.45) is 5.92 Å². The second-order valence-electron chi connectivity index (χ2n) is 3.11. The smallest absolute Gasteiger partial charge is 0.292 e. The minimum Gasteiger partial charge on any atom is -0.292 e. The molecular weight excluding hydrogens is 156 g/mol. The zero-order chi connectivity index (χ0) is 9.30. The number of nitrogens with one attached hydrogen (secondary N) is 1. The predicted octanol–water partition coefficient (Wildman–Crippen LogP) is 0.708. The summed E-state index contributed by atoms with van der Waals surface area (Å²) in [5, 5.41) is 2.20. The van der Waals surface area contributed by atoms with Gasteiger partial charge in [0.2, 0.25) is 0 Å². The lowest BCUT2D eigenvalue weighted by molar-refractivity contribution is -0.116. The number of hydrogen-bond acceptors (Lipinski definition) is 2. The molecule has 0 saturated carbocycles. The van der Waals surface area contributed by atoms with Crippen LogP contribution in [-0.2, 0) is 4.79 Å². The van der Waals surface area contributed by atoms with Crippen LogP contribution in [0.5, 0.6) is 0 Å². The average Bonchev–Trinajstić information content (AvgIpc) is 2.16. The molecule has 0 radical (unpaired) electrons. The van der Waals surface area contributed by atoms with Crippen LogP contribution in [0.1, 0.15) is 13.8 Å². The number of imide groups is 1. The molecule has 0 spiro atoms. The van der Waals surface area contributed by atoms with Gasteiger partial charge in [-0.25, -0.2) is 4.79 Å². The van der Waals surface area contributed by atoms with Crippen molar-refractivity contribution in [3.63, 3.8) is 0 Å². The highest BCUT2D eigenvalue weighted by atomic mass is 16.2. The van der Waals surface area contributed by atoms with Crippen molar-refractivity contribution in [2.75, 3.05) is 7.05 Å². The minimum atomic E-state index is -0.355. The summed E-state index contributed by atoms with van der Waals surface area (Å²) in [6.45, 7) is 3.91. The molecule has 1 saturated heterocycles. The van der Waals surface area contributed by atoms with Gasteiger partial charge in [-0.05, 0) is 5.92 Å². The summed E-state index contributed by atoms with van der Waals surface area (Å²) in [6, 6.07) is -0.355. The first-order chi connectivity index (χ1) is 5.52. The molecule has 1 fully saturated rings. The zero-order valence-corrected chi connectivity index (χ0v) is 7.42. The summed E-state index contributed by atoms with van der Waals surface area (Å²) >= 11 is 0. The van der Waals surface area contributed by atoms with E-state index in [1.54, 1.807) is 13.1 Å². The van der Waals surface area contributed by atoms with E-state index in [0.717, 1.165) is 0 Å². The summed E-state index contributed by atoms with van der Waals surface area (Å²) in [7, 11) is 1.58. The topological polar surface area (TPSA) is 49.4 Å². The van der Waals surface area contributed by atoms with Gasteiger partial charge in [-0.15, -0.1) is 0 Å². The lowest BCUT2D eigenvalue weighted by Gasteiger charge is -2.07. The molecule has 0 aliphatic carbocycles. The Morgan fingerprint density at radius 2 is 2.00 bits per heavy atom. The van der Waals surface area contributed by atoms with Crippen LogP contribution in [0, 0.1) is 5.92 Å². The molecule has 66 valence electrons. The lowest BCUT2D eigenvalue weighted by atomic mass is 10.2. The first-order valence-electron chi connectivity index (χ1n) is 3.83. The van der Waals surface area contributed by atoms with Crippen LogP contribution in [0.4, 0.5) is 4.79 Å². The van der Waals surface area contributed by atoms with Gasteiger partial charge in [0.1, 0.15) is 5.70 Å². The Morgan fingerprint density at radius 1 is 1.42 bits per heavy atom. The molecule has 1 aliphatic heterocycles. The Balaban J connectivity index is 2.90. The summed E-state index contributed by atoms with van der Waals surface area (Å²) in [5.41, 5.74) is 0.440. The number of rotatable bonds is 1. The van der Waals surface area contributed by atoms with Crippen LogP contribution in [0.15, 0.2) is 11.8 Å². The van der Waals surface area contributed by atoms with Crippen molar-refractivity contribution in [2.45, 2.75) is 13.8 Å². The molecular formula is C8H12N2O2. The Morgan fingerprint density at radius 3 is 2.33 bits per heavy atom. The SMILES string of the molecule is CC(C)C=C1C(=O)NC(=O)N1C. The third kappa shape index (κ3) is 1.47. The van der Waals surface area contributed by atoms with Crippen molar-refractivity contribution >= 4 is 11.9 Å². The fourth-order valence-electron chi connectivity index (χ4n) is 1.01. The van der Waals surface area contributed by atoms with E-state index < -0.39 is 0 Å². The van der Waals surface area contributed by atoms with Gasteiger partial charge in [-0.2, -0.15) is 0 Å². The first kappa shape index (κ1) is 8.77. The molecule has 12 heavy (non-hydrogen) atoms. The Hall–Kier alpha value is -1.32. The number of hydrogen-bond donors (Lipinski definition) is 1. The standard InChI is InChI=1S/C8H12N2O2/c1-5(2)4-6-7(11)9-8(12)10(6)3/h4-5H,1-3H3,(H,9,11,12). The van der Waals surface area contributed by atoms with Crippen LogP contribution in [0.2, 0.25) is 0 Å². The van der Waals surface area contributed by atoms with E-state index in [0.29, 0.717) is 5.70 Å². The molecule has 1 rings (SSSR count). The molecule has 0 atom stereocenters. The van der Waals surface area contributed by atoms with Crippen molar-refractivity contribution in [1.29, 1.82) is 0 Å². The third-order valence-corrected chi connectivity index (χ3v) is 1.61. The molecule has 0 aromatic rings. The van der Waals surface area contributed by atoms with Crippen molar-refractivity contribution in [3.05, 3.63) is 11.8 Å². The average molecular weight is 168 g/mol. The highest BCUT2D eigenvalue weighted by Gasteiger charge is 2.29. The largest absolute Gasteiger partial charge is 0.328 e. The zero-order valence-electron chi connectivity index (χ0n) is 7.42. The summed E-state index contributed by atoms with van der Waals surface area (Å²) in [5.74, 6) is -0.0460. The Kier molecular flexibility index (Phi) is 2.17. The Bertz CT molecular complexity index is 256. The van der Waals surface area contributed by atoms with E-state index in [-0.39, 0.29) is 17.9 Å². The third-order valence-electron chi connectivity index (χ3n) is 1.61. The summed E-state index contributed by atoms with van der Waals surface area (Å²) < 4.78 is 0. The molecule has 3 amide bonds. The fourth-order valence-corrected chi connectivity index (χ4v) is 1.01. The number of nitrogens with zero attached hydrogens (tertiary/aromatic N) is 1. The highest BCUT2D eigenvalue weighted by molar-refractivity contribution is 6.11. The Labute approximate surface area is 71.2 Å². The second kappa shape index (κ2) is 2.97. The normalized spacial score (nSPS) is 21.0. The van der Waals surface area contributed by atoms with Crippen LogP contribution in [0.3, 0.4) is 0 Å². The predicted molar refractivity (Wildman–Crippen MR) is 44.2 cm³/mol. The molecule has 0 aromatic heterocycles. The molecule has 0 aromatic carbocycles. The number of amides is 3. The quantitative estimate of drug-likeness (QED) is 0.463. The van der Waals surface area contributed by atoms with Gasteiger partial charge in [0.05, 0.1) is 0 Å². The number of carbonyl (C=O) groups excluding carboxylic acids is 2. The lowest BCUT2D eigenvalue weighted by Crippen LogP contribution is -2.24. The van der Waals surface area contributed by atoms with Crippen molar-refractivity contribution in [3.8, 4) is 0 Å². The van der Waals surface area contributed by atoms with E-state index in [1.165, 1.54) is 4.90 Å². The van der Waals surface area contributed by atoms with Crippen LogP contribution in [-0.4, -0.2) is 23.9 Å². The van der Waals surface area contributed by atoms with Gasteiger partial charge in [-0.3, -0.25) is 15.0 Å². The number of urea groups is 1. The maximum atomic E-state index is 11.1. The maximum absolute atomic E-state index is 11.1. The molecule has 0 bridgehead atoms. The van der Waals surface area contributed by atoms with Gasteiger partial charge in [-0.1, -0.05) is 19.9 Å².